The molecule has 0 bridgehead atoms. The third-order valence-corrected chi connectivity index (χ3v) is 5.28. The average molecular weight is 432 g/mol. The molecule has 0 radical (unpaired) electrons. The first-order valence-electron chi connectivity index (χ1n) is 10.0. The first-order chi connectivity index (χ1) is 15.2. The van der Waals surface area contributed by atoms with Gasteiger partial charge in [-0.25, -0.2) is 5.43 Å². The van der Waals surface area contributed by atoms with Crippen LogP contribution in [-0.4, -0.2) is 35.6 Å². The Hall–Kier alpha value is -3.38. The highest BCUT2D eigenvalue weighted by Crippen LogP contribution is 2.11. The van der Waals surface area contributed by atoms with Crippen LogP contribution in [0.15, 0.2) is 96.1 Å². The molecule has 5 nitrogen and oxygen atoms in total. The normalized spacial score (nSPS) is 11.3. The Morgan fingerprint density at radius 3 is 1.77 bits per heavy atom. The lowest BCUT2D eigenvalue weighted by molar-refractivity contribution is -0.123. The summed E-state index contributed by atoms with van der Waals surface area (Å²) in [6, 6.07) is 27.5. The van der Waals surface area contributed by atoms with Crippen molar-refractivity contribution in [2.75, 3.05) is 12.0 Å². The van der Waals surface area contributed by atoms with Crippen LogP contribution in [0, 0.1) is 0 Å². The van der Waals surface area contributed by atoms with Gasteiger partial charge in [0, 0.05) is 16.7 Å². The number of nitrogens with one attached hydrogen (secondary N) is 2. The molecule has 0 aliphatic heterocycles. The number of carbonyl (C=O) groups excluding carboxylic acids is 2. The first-order valence-corrected chi connectivity index (χ1v) is 11.4. The van der Waals surface area contributed by atoms with Gasteiger partial charge in [0.15, 0.2) is 0 Å². The van der Waals surface area contributed by atoms with Crippen molar-refractivity contribution < 1.29 is 9.59 Å². The van der Waals surface area contributed by atoms with E-state index < -0.39 is 6.04 Å². The van der Waals surface area contributed by atoms with Crippen LogP contribution in [0.1, 0.15) is 27.9 Å². The molecule has 3 aromatic carbocycles. The van der Waals surface area contributed by atoms with E-state index in [9.17, 15) is 9.59 Å². The molecule has 0 saturated carbocycles. The molecule has 0 heterocycles. The van der Waals surface area contributed by atoms with Gasteiger partial charge in [-0.2, -0.15) is 16.9 Å². The molecule has 0 aromatic heterocycles. The predicted octanol–water partition coefficient (Wildman–Crippen LogP) is 4.11. The number of carbonyl (C=O) groups is 2. The van der Waals surface area contributed by atoms with Crippen molar-refractivity contribution in [3.63, 3.8) is 0 Å². The lowest BCUT2D eigenvalue weighted by Crippen LogP contribution is -2.46. The standard InChI is InChI=1S/C25H25N3O2S/c1-31-18-17-22(26-24(29)21-15-9-4-10-16-21)25(30)28-27-23(19-11-5-2-6-12-19)20-13-7-3-8-14-20/h2-16,22H,17-18H2,1H3,(H,26,29)(H,28,30). The Morgan fingerprint density at radius 1 is 0.806 bits per heavy atom. The molecule has 1 atom stereocenters. The number of hydrogen-bond donors (Lipinski definition) is 2. The molecule has 2 amide bonds. The number of benzene rings is 3. The fourth-order valence-corrected chi connectivity index (χ4v) is 3.48. The van der Waals surface area contributed by atoms with Crippen molar-refractivity contribution in [2.45, 2.75) is 12.5 Å². The largest absolute Gasteiger partial charge is 0.340 e. The minimum atomic E-state index is -0.684. The Labute approximate surface area is 187 Å². The van der Waals surface area contributed by atoms with Crippen LogP contribution in [-0.2, 0) is 4.79 Å². The van der Waals surface area contributed by atoms with E-state index in [2.05, 4.69) is 15.8 Å². The molecule has 31 heavy (non-hydrogen) atoms. The molecule has 6 heteroatoms. The molecule has 0 spiro atoms. The summed E-state index contributed by atoms with van der Waals surface area (Å²) in [7, 11) is 0. The number of hydrazone groups is 1. The summed E-state index contributed by atoms with van der Waals surface area (Å²) in [6.07, 6.45) is 2.47. The van der Waals surface area contributed by atoms with Crippen molar-refractivity contribution in [1.29, 1.82) is 0 Å². The zero-order chi connectivity index (χ0) is 21.9. The van der Waals surface area contributed by atoms with Crippen molar-refractivity contribution in [2.24, 2.45) is 5.10 Å². The van der Waals surface area contributed by atoms with Gasteiger partial charge in [0.05, 0.1) is 5.71 Å². The molecular weight excluding hydrogens is 406 g/mol. The fraction of sp³-hybridized carbons (Fsp3) is 0.160. The van der Waals surface area contributed by atoms with E-state index in [1.165, 1.54) is 0 Å². The van der Waals surface area contributed by atoms with Crippen molar-refractivity contribution in [3.8, 4) is 0 Å². The highest BCUT2D eigenvalue weighted by Gasteiger charge is 2.21. The molecule has 1 unspecified atom stereocenters. The molecule has 2 N–H and O–H groups in total. The van der Waals surface area contributed by atoms with E-state index in [-0.39, 0.29) is 11.8 Å². The zero-order valence-corrected chi connectivity index (χ0v) is 18.1. The van der Waals surface area contributed by atoms with Crippen LogP contribution in [0.5, 0.6) is 0 Å². The number of hydrogen-bond acceptors (Lipinski definition) is 4. The van der Waals surface area contributed by atoms with E-state index >= 15 is 0 Å². The Balaban J connectivity index is 1.80. The van der Waals surface area contributed by atoms with Gasteiger partial charge in [-0.3, -0.25) is 9.59 Å². The van der Waals surface area contributed by atoms with Crippen molar-refractivity contribution >= 4 is 29.3 Å². The highest BCUT2D eigenvalue weighted by atomic mass is 32.2. The molecule has 3 aromatic rings. The summed E-state index contributed by atoms with van der Waals surface area (Å²) in [6.45, 7) is 0. The van der Waals surface area contributed by atoms with Gasteiger partial charge in [-0.05, 0) is 30.6 Å². The minimum absolute atomic E-state index is 0.280. The smallest absolute Gasteiger partial charge is 0.262 e. The van der Waals surface area contributed by atoms with Gasteiger partial charge in [-0.1, -0.05) is 78.9 Å². The molecule has 3 rings (SSSR count). The van der Waals surface area contributed by atoms with E-state index in [4.69, 9.17) is 0 Å². The molecule has 0 fully saturated rings. The van der Waals surface area contributed by atoms with Crippen LogP contribution < -0.4 is 10.7 Å². The van der Waals surface area contributed by atoms with E-state index in [0.29, 0.717) is 17.7 Å². The van der Waals surface area contributed by atoms with Crippen LogP contribution in [0.25, 0.3) is 0 Å². The minimum Gasteiger partial charge on any atom is -0.340 e. The highest BCUT2D eigenvalue weighted by molar-refractivity contribution is 7.98. The monoisotopic (exact) mass is 431 g/mol. The lowest BCUT2D eigenvalue weighted by atomic mass is 10.0. The SMILES string of the molecule is CSCCC(NC(=O)c1ccccc1)C(=O)NN=C(c1ccccc1)c1ccccc1. The number of rotatable bonds is 9. The van der Waals surface area contributed by atoms with Gasteiger partial charge < -0.3 is 5.32 Å². The van der Waals surface area contributed by atoms with Gasteiger partial charge in [-0.15, -0.1) is 0 Å². The molecule has 0 aliphatic rings. The van der Waals surface area contributed by atoms with Gasteiger partial charge in [0.2, 0.25) is 0 Å². The van der Waals surface area contributed by atoms with Crippen LogP contribution in [0.4, 0.5) is 0 Å². The number of nitrogens with zero attached hydrogens (tertiary/aromatic N) is 1. The van der Waals surface area contributed by atoms with Crippen LogP contribution >= 0.6 is 11.8 Å². The Kier molecular flexibility index (Phi) is 8.43. The quantitative estimate of drug-likeness (QED) is 0.396. The van der Waals surface area contributed by atoms with Crippen LogP contribution in [0.2, 0.25) is 0 Å². The maximum atomic E-state index is 12.9. The summed E-state index contributed by atoms with van der Waals surface area (Å²) >= 11 is 1.62. The van der Waals surface area contributed by atoms with Gasteiger partial charge in [0.1, 0.15) is 6.04 Å². The maximum absolute atomic E-state index is 12.9. The topological polar surface area (TPSA) is 70.6 Å². The fourth-order valence-electron chi connectivity index (χ4n) is 3.01. The summed E-state index contributed by atoms with van der Waals surface area (Å²) in [5.41, 5.74) is 5.63. The third kappa shape index (κ3) is 6.55. The molecule has 0 saturated heterocycles. The second kappa shape index (κ2) is 11.7. The molecule has 158 valence electrons. The maximum Gasteiger partial charge on any atom is 0.262 e. The zero-order valence-electron chi connectivity index (χ0n) is 17.3. The van der Waals surface area contributed by atoms with E-state index in [0.717, 1.165) is 16.9 Å². The van der Waals surface area contributed by atoms with Crippen molar-refractivity contribution in [3.05, 3.63) is 108 Å². The average Bonchev–Trinajstić information content (AvgIpc) is 2.83. The van der Waals surface area contributed by atoms with E-state index in [1.54, 1.807) is 36.0 Å². The van der Waals surface area contributed by atoms with Crippen LogP contribution in [0.3, 0.4) is 0 Å². The summed E-state index contributed by atoms with van der Waals surface area (Å²) < 4.78 is 0. The molecular formula is C25H25N3O2S. The third-order valence-electron chi connectivity index (χ3n) is 4.64. The summed E-state index contributed by atoms with van der Waals surface area (Å²) in [4.78, 5) is 25.5. The summed E-state index contributed by atoms with van der Waals surface area (Å²) in [5.74, 6) is 0.112. The van der Waals surface area contributed by atoms with E-state index in [1.807, 2.05) is 73.0 Å². The van der Waals surface area contributed by atoms with Crippen molar-refractivity contribution in [1.82, 2.24) is 10.7 Å². The Bertz CT molecular complexity index is 967. The first kappa shape index (κ1) is 22.3. The van der Waals surface area contributed by atoms with Gasteiger partial charge >= 0.3 is 0 Å². The Morgan fingerprint density at radius 2 is 1.29 bits per heavy atom. The second-order valence-corrected chi connectivity index (χ2v) is 7.83. The number of amides is 2. The summed E-state index contributed by atoms with van der Waals surface area (Å²) in [5, 5.41) is 7.27. The van der Waals surface area contributed by atoms with Gasteiger partial charge in [0.25, 0.3) is 11.8 Å². The molecule has 0 aliphatic carbocycles. The number of thioether (sulfide) groups is 1. The second-order valence-electron chi connectivity index (χ2n) is 6.84. The lowest BCUT2D eigenvalue weighted by Gasteiger charge is -2.17. The predicted molar refractivity (Wildman–Crippen MR) is 127 cm³/mol.